The molecule has 0 saturated heterocycles. The molecule has 0 unspecified atom stereocenters. The van der Waals surface area contributed by atoms with Crippen LogP contribution < -0.4 is 4.74 Å². The fourth-order valence-electron chi connectivity index (χ4n) is 2.27. The number of methoxy groups -OCH3 is 1. The van der Waals surface area contributed by atoms with E-state index in [1.54, 1.807) is 7.11 Å². The molecule has 0 aromatic heterocycles. The predicted octanol–water partition coefficient (Wildman–Crippen LogP) is 2.70. The molecule has 0 spiro atoms. The van der Waals surface area contributed by atoms with Crippen molar-refractivity contribution >= 4 is 0 Å². The lowest BCUT2D eigenvalue weighted by Gasteiger charge is -2.12. The van der Waals surface area contributed by atoms with E-state index < -0.39 is 0 Å². The Labute approximate surface area is 157 Å². The van der Waals surface area contributed by atoms with Crippen LogP contribution in [0.5, 0.6) is 5.75 Å². The van der Waals surface area contributed by atoms with Gasteiger partial charge in [0.1, 0.15) is 12.4 Å². The van der Waals surface area contributed by atoms with E-state index in [2.05, 4.69) is 32.9 Å². The average Bonchev–Trinajstić information content (AvgIpc) is 2.62. The summed E-state index contributed by atoms with van der Waals surface area (Å²) in [5.41, 5.74) is 3.64. The predicted molar refractivity (Wildman–Crippen MR) is 101 cm³/mol. The topological polar surface area (TPSA) is 55.4 Å². The molecule has 0 saturated carbocycles. The van der Waals surface area contributed by atoms with Gasteiger partial charge in [-0.2, -0.15) is 0 Å². The van der Waals surface area contributed by atoms with E-state index >= 15 is 0 Å². The monoisotopic (exact) mass is 370 g/mol. The van der Waals surface area contributed by atoms with Gasteiger partial charge in [-0.1, -0.05) is 6.07 Å². The SMILES string of the molecule is COCCOCCOCCOCCOCCOc1cc(C)cc(C)c1C. The minimum atomic E-state index is 0.538. The highest BCUT2D eigenvalue weighted by Crippen LogP contribution is 2.23. The maximum Gasteiger partial charge on any atom is 0.122 e. The first-order chi connectivity index (χ1) is 12.6. The minimum Gasteiger partial charge on any atom is -0.491 e. The van der Waals surface area contributed by atoms with E-state index in [9.17, 15) is 0 Å². The van der Waals surface area contributed by atoms with E-state index in [-0.39, 0.29) is 0 Å². The minimum absolute atomic E-state index is 0.538. The molecule has 0 aliphatic carbocycles. The van der Waals surface area contributed by atoms with Gasteiger partial charge < -0.3 is 28.4 Å². The molecule has 6 heteroatoms. The smallest absolute Gasteiger partial charge is 0.122 e. The molecular formula is C20H34O6. The van der Waals surface area contributed by atoms with Crippen molar-refractivity contribution in [1.29, 1.82) is 0 Å². The molecule has 0 aliphatic rings. The van der Waals surface area contributed by atoms with E-state index in [0.717, 1.165) is 5.75 Å². The summed E-state index contributed by atoms with van der Waals surface area (Å²) >= 11 is 0. The van der Waals surface area contributed by atoms with Gasteiger partial charge in [0.05, 0.1) is 59.5 Å². The molecule has 0 fully saturated rings. The van der Waals surface area contributed by atoms with Gasteiger partial charge in [0.15, 0.2) is 0 Å². The van der Waals surface area contributed by atoms with Crippen molar-refractivity contribution in [2.45, 2.75) is 20.8 Å². The van der Waals surface area contributed by atoms with Gasteiger partial charge in [-0.3, -0.25) is 0 Å². The Bertz CT molecular complexity index is 478. The van der Waals surface area contributed by atoms with Crippen molar-refractivity contribution in [3.63, 3.8) is 0 Å². The highest BCUT2D eigenvalue weighted by molar-refractivity contribution is 5.41. The number of hydrogen-bond donors (Lipinski definition) is 0. The van der Waals surface area contributed by atoms with Gasteiger partial charge >= 0.3 is 0 Å². The zero-order chi connectivity index (χ0) is 19.0. The van der Waals surface area contributed by atoms with Gasteiger partial charge in [-0.25, -0.2) is 0 Å². The molecule has 0 radical (unpaired) electrons. The van der Waals surface area contributed by atoms with Gasteiger partial charge in [0.2, 0.25) is 0 Å². The third kappa shape index (κ3) is 10.7. The Hall–Kier alpha value is -1.18. The maximum absolute atomic E-state index is 5.80. The lowest BCUT2D eigenvalue weighted by molar-refractivity contribution is -0.00980. The average molecular weight is 370 g/mol. The summed E-state index contributed by atoms with van der Waals surface area (Å²) < 4.78 is 32.3. The summed E-state index contributed by atoms with van der Waals surface area (Å²) in [6, 6.07) is 4.22. The van der Waals surface area contributed by atoms with Crippen LogP contribution in [0.4, 0.5) is 0 Å². The van der Waals surface area contributed by atoms with Crippen LogP contribution >= 0.6 is 0 Å². The van der Waals surface area contributed by atoms with E-state index in [1.807, 2.05) is 0 Å². The molecular weight excluding hydrogens is 336 g/mol. The van der Waals surface area contributed by atoms with Crippen LogP contribution in [-0.4, -0.2) is 73.2 Å². The molecule has 150 valence electrons. The van der Waals surface area contributed by atoms with Crippen LogP contribution in [-0.2, 0) is 23.7 Å². The second-order valence-electron chi connectivity index (χ2n) is 6.00. The third-order valence-corrected chi connectivity index (χ3v) is 3.80. The number of ether oxygens (including phenoxy) is 6. The highest BCUT2D eigenvalue weighted by atomic mass is 16.6. The quantitative estimate of drug-likeness (QED) is 0.417. The highest BCUT2D eigenvalue weighted by Gasteiger charge is 2.03. The molecule has 1 aromatic carbocycles. The number of aryl methyl sites for hydroxylation is 2. The van der Waals surface area contributed by atoms with Crippen molar-refractivity contribution in [3.8, 4) is 5.75 Å². The molecule has 1 aromatic rings. The molecule has 0 aliphatic heterocycles. The van der Waals surface area contributed by atoms with Crippen LogP contribution in [0.3, 0.4) is 0 Å². The van der Waals surface area contributed by atoms with Crippen LogP contribution in [0, 0.1) is 20.8 Å². The maximum atomic E-state index is 5.80. The Balaban J connectivity index is 1.88. The molecule has 6 nitrogen and oxygen atoms in total. The number of hydrogen-bond acceptors (Lipinski definition) is 6. The van der Waals surface area contributed by atoms with Crippen molar-refractivity contribution < 1.29 is 28.4 Å². The normalized spacial score (nSPS) is 11.1. The molecule has 26 heavy (non-hydrogen) atoms. The first kappa shape index (κ1) is 22.9. The van der Waals surface area contributed by atoms with E-state index in [0.29, 0.717) is 66.1 Å². The van der Waals surface area contributed by atoms with Crippen LogP contribution in [0.25, 0.3) is 0 Å². The molecule has 0 bridgehead atoms. The lowest BCUT2D eigenvalue weighted by Crippen LogP contribution is -2.14. The first-order valence-corrected chi connectivity index (χ1v) is 9.15. The summed E-state index contributed by atoms with van der Waals surface area (Å²) in [4.78, 5) is 0. The van der Waals surface area contributed by atoms with Gasteiger partial charge in [-0.15, -0.1) is 0 Å². The molecule has 0 atom stereocenters. The zero-order valence-electron chi connectivity index (χ0n) is 16.7. The van der Waals surface area contributed by atoms with Crippen molar-refractivity contribution in [3.05, 3.63) is 28.8 Å². The standard InChI is InChI=1S/C20H34O6/c1-17-15-18(2)19(3)20(16-17)26-14-13-25-12-11-24-10-9-23-8-7-22-6-5-21-4/h15-16H,5-14H2,1-4H3. The van der Waals surface area contributed by atoms with Gasteiger partial charge in [0.25, 0.3) is 0 Å². The second kappa shape index (κ2) is 14.9. The fourth-order valence-corrected chi connectivity index (χ4v) is 2.27. The molecule has 1 rings (SSSR count). The van der Waals surface area contributed by atoms with Crippen LogP contribution in [0.2, 0.25) is 0 Å². The number of benzene rings is 1. The van der Waals surface area contributed by atoms with Crippen molar-refractivity contribution in [1.82, 2.24) is 0 Å². The largest absolute Gasteiger partial charge is 0.491 e. The van der Waals surface area contributed by atoms with Gasteiger partial charge in [0, 0.05) is 7.11 Å². The van der Waals surface area contributed by atoms with Crippen molar-refractivity contribution in [2.24, 2.45) is 0 Å². The molecule has 0 amide bonds. The van der Waals surface area contributed by atoms with E-state index in [1.165, 1.54) is 16.7 Å². The molecule has 0 N–H and O–H groups in total. The summed E-state index contributed by atoms with van der Waals surface area (Å²) in [6.45, 7) is 11.9. The zero-order valence-corrected chi connectivity index (χ0v) is 16.7. The Morgan fingerprint density at radius 1 is 0.615 bits per heavy atom. The third-order valence-electron chi connectivity index (χ3n) is 3.80. The fraction of sp³-hybridized carbons (Fsp3) is 0.700. The summed E-state index contributed by atoms with van der Waals surface area (Å²) in [7, 11) is 1.65. The lowest BCUT2D eigenvalue weighted by atomic mass is 10.1. The number of rotatable bonds is 16. The summed E-state index contributed by atoms with van der Waals surface area (Å²) in [6.07, 6.45) is 0. The Kier molecular flexibility index (Phi) is 13.1. The molecule has 0 heterocycles. The Morgan fingerprint density at radius 3 is 1.58 bits per heavy atom. The first-order valence-electron chi connectivity index (χ1n) is 9.15. The summed E-state index contributed by atoms with van der Waals surface area (Å²) in [5.74, 6) is 0.936. The van der Waals surface area contributed by atoms with Gasteiger partial charge in [-0.05, 0) is 43.5 Å². The second-order valence-corrected chi connectivity index (χ2v) is 6.00. The van der Waals surface area contributed by atoms with E-state index in [4.69, 9.17) is 28.4 Å². The van der Waals surface area contributed by atoms with Crippen molar-refractivity contribution in [2.75, 3.05) is 73.2 Å². The summed E-state index contributed by atoms with van der Waals surface area (Å²) in [5, 5.41) is 0. The Morgan fingerprint density at radius 2 is 1.08 bits per heavy atom. The van der Waals surface area contributed by atoms with Crippen LogP contribution in [0.1, 0.15) is 16.7 Å². The van der Waals surface area contributed by atoms with Crippen LogP contribution in [0.15, 0.2) is 12.1 Å².